The van der Waals surface area contributed by atoms with E-state index in [4.69, 9.17) is 23.2 Å². The molecule has 110 valence electrons. The third-order valence-corrected chi connectivity index (χ3v) is 4.32. The zero-order valence-corrected chi connectivity index (χ0v) is 14.2. The first-order valence-electron chi connectivity index (χ1n) is 6.35. The van der Waals surface area contributed by atoms with Crippen LogP contribution >= 0.6 is 39.1 Å². The van der Waals surface area contributed by atoms with Crippen molar-refractivity contribution in [2.75, 3.05) is 0 Å². The van der Waals surface area contributed by atoms with Crippen LogP contribution in [0.5, 0.6) is 0 Å². The molecular weight excluding hydrogens is 387 g/mol. The van der Waals surface area contributed by atoms with Crippen LogP contribution in [-0.4, -0.2) is 16.1 Å². The number of nitrogens with zero attached hydrogens (tertiary/aromatic N) is 2. The number of rotatable bonds is 3. The third-order valence-electron chi connectivity index (χ3n) is 3.12. The number of hydrogen-bond acceptors (Lipinski definition) is 2. The lowest BCUT2D eigenvalue weighted by atomic mass is 10.1. The Morgan fingerprint density at radius 1 is 1.05 bits per heavy atom. The van der Waals surface area contributed by atoms with Crippen LogP contribution in [0, 0.1) is 0 Å². The Balaban J connectivity index is 2.22. The minimum atomic E-state index is 0.446. The molecule has 3 nitrogen and oxygen atoms in total. The van der Waals surface area contributed by atoms with Gasteiger partial charge in [-0.2, -0.15) is 5.10 Å². The quantitative estimate of drug-likeness (QED) is 0.555. The van der Waals surface area contributed by atoms with Crippen molar-refractivity contribution in [2.24, 2.45) is 0 Å². The number of hydrogen-bond donors (Lipinski definition) is 0. The van der Waals surface area contributed by atoms with Crippen molar-refractivity contribution in [2.45, 2.75) is 0 Å². The van der Waals surface area contributed by atoms with Gasteiger partial charge in [-0.15, -0.1) is 0 Å². The normalized spacial score (nSPS) is 10.7. The number of carbonyl (C=O) groups excluding carboxylic acids is 1. The van der Waals surface area contributed by atoms with Gasteiger partial charge >= 0.3 is 0 Å². The fraction of sp³-hybridized carbons (Fsp3) is 0. The van der Waals surface area contributed by atoms with E-state index in [1.54, 1.807) is 22.9 Å². The number of para-hydroxylation sites is 1. The van der Waals surface area contributed by atoms with Gasteiger partial charge in [0.2, 0.25) is 0 Å². The lowest BCUT2D eigenvalue weighted by Gasteiger charge is -2.02. The van der Waals surface area contributed by atoms with Crippen LogP contribution in [0.2, 0.25) is 10.0 Å². The minimum Gasteiger partial charge on any atom is -0.298 e. The Kier molecular flexibility index (Phi) is 4.34. The van der Waals surface area contributed by atoms with E-state index >= 15 is 0 Å². The van der Waals surface area contributed by atoms with Gasteiger partial charge in [-0.25, -0.2) is 4.68 Å². The molecule has 22 heavy (non-hydrogen) atoms. The summed E-state index contributed by atoms with van der Waals surface area (Å²) in [5.74, 6) is 0. The standard InChI is InChI=1S/C16H9BrCl2N2O/c17-16-14(9-22)15(10-6-11(18)8-12(19)7-10)20-21(16)13-4-2-1-3-5-13/h1-9H. The summed E-state index contributed by atoms with van der Waals surface area (Å²) in [5, 5.41) is 5.51. The summed E-state index contributed by atoms with van der Waals surface area (Å²) in [6.07, 6.45) is 0.765. The molecule has 0 aliphatic carbocycles. The van der Waals surface area contributed by atoms with Gasteiger partial charge in [-0.1, -0.05) is 41.4 Å². The molecule has 0 spiro atoms. The highest BCUT2D eigenvalue weighted by atomic mass is 79.9. The number of aromatic nitrogens is 2. The Morgan fingerprint density at radius 2 is 1.68 bits per heavy atom. The van der Waals surface area contributed by atoms with Gasteiger partial charge in [0, 0.05) is 15.6 Å². The molecule has 3 aromatic rings. The van der Waals surface area contributed by atoms with E-state index in [0.717, 1.165) is 12.0 Å². The fourth-order valence-electron chi connectivity index (χ4n) is 2.16. The van der Waals surface area contributed by atoms with Crippen molar-refractivity contribution in [1.29, 1.82) is 0 Å². The van der Waals surface area contributed by atoms with Gasteiger partial charge in [0.15, 0.2) is 6.29 Å². The maximum absolute atomic E-state index is 11.5. The van der Waals surface area contributed by atoms with Gasteiger partial charge in [-0.3, -0.25) is 4.79 Å². The number of halogens is 3. The van der Waals surface area contributed by atoms with Crippen molar-refractivity contribution in [3.8, 4) is 16.9 Å². The number of benzene rings is 2. The molecule has 0 saturated heterocycles. The number of aldehydes is 1. The fourth-order valence-corrected chi connectivity index (χ4v) is 3.25. The minimum absolute atomic E-state index is 0.446. The average molecular weight is 396 g/mol. The van der Waals surface area contributed by atoms with Crippen LogP contribution in [0.1, 0.15) is 10.4 Å². The Hall–Kier alpha value is -1.62. The van der Waals surface area contributed by atoms with Crippen molar-refractivity contribution in [1.82, 2.24) is 9.78 Å². The molecule has 6 heteroatoms. The summed E-state index contributed by atoms with van der Waals surface area (Å²) in [4.78, 5) is 11.5. The molecule has 0 aliphatic rings. The van der Waals surface area contributed by atoms with E-state index in [9.17, 15) is 4.79 Å². The zero-order chi connectivity index (χ0) is 15.7. The molecule has 0 amide bonds. The smallest absolute Gasteiger partial charge is 0.155 e. The second kappa shape index (κ2) is 6.24. The summed E-state index contributed by atoms with van der Waals surface area (Å²) in [7, 11) is 0. The van der Waals surface area contributed by atoms with Crippen molar-refractivity contribution in [3.63, 3.8) is 0 Å². The maximum Gasteiger partial charge on any atom is 0.155 e. The van der Waals surface area contributed by atoms with Gasteiger partial charge < -0.3 is 0 Å². The Morgan fingerprint density at radius 3 is 2.27 bits per heavy atom. The lowest BCUT2D eigenvalue weighted by molar-refractivity contribution is 0.112. The van der Waals surface area contributed by atoms with Crippen LogP contribution in [0.3, 0.4) is 0 Å². The highest BCUT2D eigenvalue weighted by Gasteiger charge is 2.18. The predicted octanol–water partition coefficient (Wildman–Crippen LogP) is 5.42. The van der Waals surface area contributed by atoms with Crippen LogP contribution in [-0.2, 0) is 0 Å². The van der Waals surface area contributed by atoms with E-state index in [1.807, 2.05) is 30.3 Å². The van der Waals surface area contributed by atoms with E-state index < -0.39 is 0 Å². The highest BCUT2D eigenvalue weighted by molar-refractivity contribution is 9.10. The molecule has 0 atom stereocenters. The second-order valence-electron chi connectivity index (χ2n) is 4.58. The largest absolute Gasteiger partial charge is 0.298 e. The molecule has 0 N–H and O–H groups in total. The molecule has 0 fully saturated rings. The van der Waals surface area contributed by atoms with Crippen molar-refractivity contribution in [3.05, 3.63) is 68.7 Å². The van der Waals surface area contributed by atoms with Crippen LogP contribution in [0.4, 0.5) is 0 Å². The van der Waals surface area contributed by atoms with Crippen LogP contribution in [0.15, 0.2) is 53.1 Å². The summed E-state index contributed by atoms with van der Waals surface area (Å²) in [6.45, 7) is 0. The Labute approximate surface area is 145 Å². The monoisotopic (exact) mass is 394 g/mol. The Bertz CT molecular complexity index is 827. The molecule has 3 rings (SSSR count). The molecule has 0 aliphatic heterocycles. The summed E-state index contributed by atoms with van der Waals surface area (Å²) in [6, 6.07) is 14.6. The molecule has 0 saturated carbocycles. The van der Waals surface area contributed by atoms with Gasteiger partial charge in [0.05, 0.1) is 11.3 Å². The first-order valence-corrected chi connectivity index (χ1v) is 7.90. The summed E-state index contributed by atoms with van der Waals surface area (Å²) < 4.78 is 2.24. The zero-order valence-electron chi connectivity index (χ0n) is 11.1. The molecule has 0 unspecified atom stereocenters. The van der Waals surface area contributed by atoms with E-state index in [-0.39, 0.29) is 0 Å². The van der Waals surface area contributed by atoms with E-state index in [2.05, 4.69) is 21.0 Å². The number of carbonyl (C=O) groups is 1. The van der Waals surface area contributed by atoms with E-state index in [1.165, 1.54) is 0 Å². The van der Waals surface area contributed by atoms with Gasteiger partial charge in [0.25, 0.3) is 0 Å². The molecule has 0 radical (unpaired) electrons. The molecule has 1 aromatic heterocycles. The maximum atomic E-state index is 11.5. The topological polar surface area (TPSA) is 34.9 Å². The third kappa shape index (κ3) is 2.82. The molecular formula is C16H9BrCl2N2O. The van der Waals surface area contributed by atoms with Gasteiger partial charge in [-0.05, 0) is 46.3 Å². The first kappa shape index (κ1) is 15.3. The average Bonchev–Trinajstić information content (AvgIpc) is 2.84. The van der Waals surface area contributed by atoms with E-state index in [0.29, 0.717) is 31.5 Å². The highest BCUT2D eigenvalue weighted by Crippen LogP contribution is 2.32. The van der Waals surface area contributed by atoms with Crippen LogP contribution in [0.25, 0.3) is 16.9 Å². The summed E-state index contributed by atoms with van der Waals surface area (Å²) in [5.41, 5.74) is 2.50. The van der Waals surface area contributed by atoms with Crippen molar-refractivity contribution >= 4 is 45.4 Å². The second-order valence-corrected chi connectivity index (χ2v) is 6.20. The SMILES string of the molecule is O=Cc1c(-c2cc(Cl)cc(Cl)c2)nn(-c2ccccc2)c1Br. The first-order chi connectivity index (χ1) is 10.6. The van der Waals surface area contributed by atoms with Gasteiger partial charge in [0.1, 0.15) is 10.3 Å². The summed E-state index contributed by atoms with van der Waals surface area (Å²) >= 11 is 15.5. The molecule has 1 heterocycles. The molecule has 0 bridgehead atoms. The van der Waals surface area contributed by atoms with Crippen molar-refractivity contribution < 1.29 is 4.79 Å². The molecule has 2 aromatic carbocycles. The van der Waals surface area contributed by atoms with Crippen LogP contribution < -0.4 is 0 Å². The lowest BCUT2D eigenvalue weighted by Crippen LogP contribution is -1.96. The predicted molar refractivity (Wildman–Crippen MR) is 92.1 cm³/mol.